The smallest absolute Gasteiger partial charge is 0.0158 e. The van der Waals surface area contributed by atoms with Crippen LogP contribution in [0.5, 0.6) is 0 Å². The fraction of sp³-hybridized carbons (Fsp3) is 0.692. The van der Waals surface area contributed by atoms with Crippen molar-refractivity contribution in [1.29, 1.82) is 0 Å². The second kappa shape index (κ2) is 18.7. The number of rotatable bonds is 23. The van der Waals surface area contributed by atoms with Crippen molar-refractivity contribution in [1.82, 2.24) is 0 Å². The van der Waals surface area contributed by atoms with Crippen molar-refractivity contribution < 1.29 is 0 Å². The highest BCUT2D eigenvalue weighted by Gasteiger charge is 2.43. The van der Waals surface area contributed by atoms with Gasteiger partial charge in [0.1, 0.15) is 0 Å². The van der Waals surface area contributed by atoms with Gasteiger partial charge in [-0.05, 0) is 46.9 Å². The van der Waals surface area contributed by atoms with Gasteiger partial charge in [0.25, 0.3) is 0 Å². The van der Waals surface area contributed by atoms with E-state index in [2.05, 4.69) is 69.3 Å². The first-order chi connectivity index (χ1) is 19.3. The van der Waals surface area contributed by atoms with E-state index in [0.717, 1.165) is 0 Å². The summed E-state index contributed by atoms with van der Waals surface area (Å²) in [6.45, 7) is 7.00. The maximum Gasteiger partial charge on any atom is 0.0158 e. The molecule has 0 N–H and O–H groups in total. The molecule has 0 saturated carbocycles. The Hall–Kier alpha value is -1.56. The maximum absolute atomic E-state index is 2.49. The minimum absolute atomic E-state index is 0.405. The van der Waals surface area contributed by atoms with Gasteiger partial charge in [-0.2, -0.15) is 0 Å². The van der Waals surface area contributed by atoms with E-state index in [-0.39, 0.29) is 0 Å². The van der Waals surface area contributed by atoms with Crippen LogP contribution in [-0.4, -0.2) is 0 Å². The standard InChI is InChI=1S/C39H62/c1-4-7-10-13-15-16-19-26-33-39(31-24-17-12-9-6-3,32-25-18-14-11-8-5-2)38-36-29-22-20-27-34(36)35-28-21-23-30-37(35)38/h20-23,27-30,38H,4-19,24-26,31-33H2,1-3H3. The predicted octanol–water partition coefficient (Wildman–Crippen LogP) is 13.4. The third-order valence-electron chi connectivity index (χ3n) is 9.78. The van der Waals surface area contributed by atoms with Crippen LogP contribution >= 0.6 is 0 Å². The molecule has 0 spiro atoms. The summed E-state index contributed by atoms with van der Waals surface area (Å²) in [7, 11) is 0. The lowest BCUT2D eigenvalue weighted by molar-refractivity contribution is 0.168. The topological polar surface area (TPSA) is 0 Å². The summed E-state index contributed by atoms with van der Waals surface area (Å²) in [4.78, 5) is 0. The second-order valence-electron chi connectivity index (χ2n) is 12.9. The van der Waals surface area contributed by atoms with Gasteiger partial charge in [-0.3, -0.25) is 0 Å². The lowest BCUT2D eigenvalue weighted by atomic mass is 9.62. The summed E-state index contributed by atoms with van der Waals surface area (Å²) in [5, 5.41) is 0. The van der Waals surface area contributed by atoms with E-state index in [0.29, 0.717) is 11.3 Å². The average Bonchev–Trinajstić information content (AvgIpc) is 3.31. The fourth-order valence-electron chi connectivity index (χ4n) is 7.57. The molecule has 0 bridgehead atoms. The molecule has 0 aromatic heterocycles. The number of hydrogen-bond donors (Lipinski definition) is 0. The van der Waals surface area contributed by atoms with Crippen LogP contribution in [0.1, 0.15) is 179 Å². The van der Waals surface area contributed by atoms with E-state index in [1.807, 2.05) is 0 Å². The lowest BCUT2D eigenvalue weighted by Gasteiger charge is -2.41. The molecule has 1 aliphatic rings. The van der Waals surface area contributed by atoms with Crippen molar-refractivity contribution >= 4 is 0 Å². The highest BCUT2D eigenvalue weighted by molar-refractivity contribution is 5.79. The molecule has 0 amide bonds. The van der Waals surface area contributed by atoms with Gasteiger partial charge in [0.15, 0.2) is 0 Å². The fourth-order valence-corrected chi connectivity index (χ4v) is 7.57. The lowest BCUT2D eigenvalue weighted by Crippen LogP contribution is -2.29. The Morgan fingerprint density at radius 2 is 0.718 bits per heavy atom. The molecule has 0 fully saturated rings. The Labute approximate surface area is 243 Å². The quantitative estimate of drug-likeness (QED) is 0.125. The Balaban J connectivity index is 1.81. The van der Waals surface area contributed by atoms with Gasteiger partial charge in [-0.1, -0.05) is 191 Å². The monoisotopic (exact) mass is 530 g/mol. The molecule has 2 aromatic carbocycles. The summed E-state index contributed by atoms with van der Waals surface area (Å²) in [6, 6.07) is 18.9. The van der Waals surface area contributed by atoms with Gasteiger partial charge in [0.2, 0.25) is 0 Å². The van der Waals surface area contributed by atoms with Crippen molar-refractivity contribution in [3.63, 3.8) is 0 Å². The zero-order valence-electron chi connectivity index (χ0n) is 26.3. The van der Waals surface area contributed by atoms with Crippen LogP contribution in [0.2, 0.25) is 0 Å². The van der Waals surface area contributed by atoms with Gasteiger partial charge < -0.3 is 0 Å². The average molecular weight is 531 g/mol. The molecular formula is C39H62. The Bertz CT molecular complexity index is 849. The predicted molar refractivity (Wildman–Crippen MR) is 175 cm³/mol. The number of unbranched alkanes of at least 4 members (excludes halogenated alkanes) is 16. The first-order valence-corrected chi connectivity index (χ1v) is 17.5. The second-order valence-corrected chi connectivity index (χ2v) is 12.9. The van der Waals surface area contributed by atoms with E-state index in [4.69, 9.17) is 0 Å². The molecule has 0 heteroatoms. The van der Waals surface area contributed by atoms with E-state index in [1.54, 1.807) is 11.1 Å². The molecule has 0 saturated heterocycles. The number of benzene rings is 2. The zero-order chi connectivity index (χ0) is 27.6. The summed E-state index contributed by atoms with van der Waals surface area (Å²) < 4.78 is 0. The van der Waals surface area contributed by atoms with Crippen molar-refractivity contribution in [2.24, 2.45) is 5.41 Å². The van der Waals surface area contributed by atoms with E-state index >= 15 is 0 Å². The summed E-state index contributed by atoms with van der Waals surface area (Å²) in [5.41, 5.74) is 6.72. The SMILES string of the molecule is CCCCCCCCCCC(CCCCCCC)(CCCCCCCC)C1c2ccccc2-c2ccccc21. The molecule has 1 unspecified atom stereocenters. The van der Waals surface area contributed by atoms with Gasteiger partial charge in [0.05, 0.1) is 0 Å². The molecule has 0 heterocycles. The summed E-state index contributed by atoms with van der Waals surface area (Å²) >= 11 is 0. The van der Waals surface area contributed by atoms with Gasteiger partial charge >= 0.3 is 0 Å². The van der Waals surface area contributed by atoms with E-state index in [1.165, 1.54) is 152 Å². The van der Waals surface area contributed by atoms with Crippen LogP contribution in [-0.2, 0) is 0 Å². The van der Waals surface area contributed by atoms with Crippen LogP contribution in [0, 0.1) is 5.41 Å². The third-order valence-corrected chi connectivity index (χ3v) is 9.78. The molecule has 39 heavy (non-hydrogen) atoms. The van der Waals surface area contributed by atoms with Crippen LogP contribution in [0.4, 0.5) is 0 Å². The first kappa shape index (κ1) is 32.0. The molecule has 2 aromatic rings. The van der Waals surface area contributed by atoms with Crippen molar-refractivity contribution in [3.8, 4) is 11.1 Å². The van der Waals surface area contributed by atoms with Gasteiger partial charge in [-0.25, -0.2) is 0 Å². The largest absolute Gasteiger partial charge is 0.0654 e. The highest BCUT2D eigenvalue weighted by Crippen LogP contribution is 2.58. The third kappa shape index (κ3) is 9.79. The minimum Gasteiger partial charge on any atom is -0.0654 e. The van der Waals surface area contributed by atoms with E-state index in [9.17, 15) is 0 Å². The Morgan fingerprint density at radius 1 is 0.410 bits per heavy atom. The maximum atomic E-state index is 2.49. The summed E-state index contributed by atoms with van der Waals surface area (Å²) in [5.74, 6) is 0.580. The van der Waals surface area contributed by atoms with Crippen LogP contribution < -0.4 is 0 Å². The van der Waals surface area contributed by atoms with Crippen LogP contribution in [0.3, 0.4) is 0 Å². The van der Waals surface area contributed by atoms with E-state index < -0.39 is 0 Å². The van der Waals surface area contributed by atoms with Crippen molar-refractivity contribution in [2.45, 2.75) is 168 Å². The van der Waals surface area contributed by atoms with Crippen molar-refractivity contribution in [2.75, 3.05) is 0 Å². The molecule has 0 aliphatic heterocycles. The Morgan fingerprint density at radius 3 is 1.08 bits per heavy atom. The van der Waals surface area contributed by atoms with Gasteiger partial charge in [-0.15, -0.1) is 0 Å². The van der Waals surface area contributed by atoms with Crippen LogP contribution in [0.25, 0.3) is 11.1 Å². The summed E-state index contributed by atoms with van der Waals surface area (Å²) in [6.07, 6.45) is 31.0. The molecule has 1 atom stereocenters. The molecule has 218 valence electrons. The Kier molecular flexibility index (Phi) is 15.3. The zero-order valence-corrected chi connectivity index (χ0v) is 26.3. The highest BCUT2D eigenvalue weighted by atomic mass is 14.5. The van der Waals surface area contributed by atoms with Crippen molar-refractivity contribution in [3.05, 3.63) is 59.7 Å². The number of fused-ring (bicyclic) bond motifs is 3. The number of hydrogen-bond acceptors (Lipinski definition) is 0. The molecule has 3 rings (SSSR count). The first-order valence-electron chi connectivity index (χ1n) is 17.5. The molecule has 0 radical (unpaired) electrons. The molecule has 1 aliphatic carbocycles. The molecular weight excluding hydrogens is 468 g/mol. The van der Waals surface area contributed by atoms with Crippen LogP contribution in [0.15, 0.2) is 48.5 Å². The minimum atomic E-state index is 0.405. The molecule has 0 nitrogen and oxygen atoms in total. The normalized spacial score (nSPS) is 14.3. The van der Waals surface area contributed by atoms with Gasteiger partial charge in [0, 0.05) is 5.92 Å².